The number of hydrogen-bond acceptors (Lipinski definition) is 2. The molecule has 58 valence electrons. The lowest BCUT2D eigenvalue weighted by molar-refractivity contribution is 0.447. The lowest BCUT2D eigenvalue weighted by Crippen LogP contribution is -1.98. The third kappa shape index (κ3) is 1.02. The maximum absolute atomic E-state index is 5.59. The molecular formula is C9H8BNO. The molecule has 0 aliphatic heterocycles. The number of fused-ring (bicyclic) bond motifs is 1. The van der Waals surface area contributed by atoms with E-state index >= 15 is 0 Å². The summed E-state index contributed by atoms with van der Waals surface area (Å²) >= 11 is 0. The van der Waals surface area contributed by atoms with E-state index in [9.17, 15) is 0 Å². The number of hydrogen-bond donors (Lipinski definition) is 0. The van der Waals surface area contributed by atoms with E-state index in [0.717, 1.165) is 23.1 Å². The minimum Gasteiger partial charge on any atom is -0.356 e. The summed E-state index contributed by atoms with van der Waals surface area (Å²) < 4.78 is 5.09. The Kier molecular flexibility index (Phi) is 1.64. The Hall–Kier alpha value is -1.25. The van der Waals surface area contributed by atoms with E-state index in [1.165, 1.54) is 0 Å². The molecule has 1 heterocycles. The Morgan fingerprint density at radius 2 is 2.33 bits per heavy atom. The van der Waals surface area contributed by atoms with Crippen LogP contribution >= 0.6 is 0 Å². The Bertz CT molecular complexity index is 408. The van der Waals surface area contributed by atoms with Crippen LogP contribution in [0.5, 0.6) is 0 Å². The van der Waals surface area contributed by atoms with E-state index in [0.29, 0.717) is 5.46 Å². The molecule has 0 fully saturated rings. The fraction of sp³-hybridized carbons (Fsp3) is 0.222. The van der Waals surface area contributed by atoms with Crippen LogP contribution in [-0.4, -0.2) is 13.0 Å². The number of benzene rings is 1. The average molecular weight is 157 g/mol. The lowest BCUT2D eigenvalue weighted by Gasteiger charge is -1.90. The Balaban J connectivity index is 2.73. The second-order valence-electron chi connectivity index (χ2n) is 2.74. The minimum absolute atomic E-state index is 0.710. The molecule has 0 saturated heterocycles. The smallest absolute Gasteiger partial charge is 0.166 e. The van der Waals surface area contributed by atoms with Gasteiger partial charge < -0.3 is 4.52 Å². The summed E-state index contributed by atoms with van der Waals surface area (Å²) in [5.41, 5.74) is 2.47. The molecule has 12 heavy (non-hydrogen) atoms. The maximum atomic E-state index is 5.59. The van der Waals surface area contributed by atoms with Crippen LogP contribution < -0.4 is 5.46 Å². The van der Waals surface area contributed by atoms with Crippen LogP contribution in [0.25, 0.3) is 11.0 Å². The van der Waals surface area contributed by atoms with Gasteiger partial charge >= 0.3 is 0 Å². The first-order valence-electron chi connectivity index (χ1n) is 3.95. The van der Waals surface area contributed by atoms with Crippen LogP contribution in [-0.2, 0) is 6.42 Å². The molecule has 0 aliphatic carbocycles. The van der Waals surface area contributed by atoms with Gasteiger partial charge in [0.15, 0.2) is 5.58 Å². The Morgan fingerprint density at radius 3 is 3.08 bits per heavy atom. The topological polar surface area (TPSA) is 26.0 Å². The summed E-state index contributed by atoms with van der Waals surface area (Å²) in [6.45, 7) is 2.05. The second-order valence-corrected chi connectivity index (χ2v) is 2.74. The van der Waals surface area contributed by atoms with Crippen LogP contribution in [0.3, 0.4) is 0 Å². The van der Waals surface area contributed by atoms with E-state index in [2.05, 4.69) is 5.16 Å². The summed E-state index contributed by atoms with van der Waals surface area (Å²) in [4.78, 5) is 0. The first-order chi connectivity index (χ1) is 5.81. The fourth-order valence-electron chi connectivity index (χ4n) is 1.26. The van der Waals surface area contributed by atoms with Crippen molar-refractivity contribution in [2.24, 2.45) is 0 Å². The van der Waals surface area contributed by atoms with E-state index in [4.69, 9.17) is 12.4 Å². The molecule has 0 atom stereocenters. The van der Waals surface area contributed by atoms with Gasteiger partial charge in [-0.1, -0.05) is 23.6 Å². The van der Waals surface area contributed by atoms with E-state index in [-0.39, 0.29) is 0 Å². The highest BCUT2D eigenvalue weighted by molar-refractivity contribution is 6.33. The molecule has 0 unspecified atom stereocenters. The van der Waals surface area contributed by atoms with Gasteiger partial charge in [0.25, 0.3) is 0 Å². The van der Waals surface area contributed by atoms with E-state index < -0.39 is 0 Å². The molecule has 1 aromatic carbocycles. The minimum atomic E-state index is 0.710. The number of aryl methyl sites for hydroxylation is 1. The molecule has 0 aliphatic rings. The number of aromatic nitrogens is 1. The van der Waals surface area contributed by atoms with Gasteiger partial charge in [-0.25, -0.2) is 0 Å². The van der Waals surface area contributed by atoms with Crippen LogP contribution in [0, 0.1) is 0 Å². The molecule has 2 aromatic rings. The summed E-state index contributed by atoms with van der Waals surface area (Å²) in [6.07, 6.45) is 0.886. The van der Waals surface area contributed by atoms with Crippen LogP contribution in [0.15, 0.2) is 22.7 Å². The average Bonchev–Trinajstić information content (AvgIpc) is 2.46. The highest BCUT2D eigenvalue weighted by Crippen LogP contribution is 2.16. The molecule has 2 radical (unpaired) electrons. The lowest BCUT2D eigenvalue weighted by atomic mass is 9.95. The molecule has 0 N–H and O–H groups in total. The monoisotopic (exact) mass is 157 g/mol. The fourth-order valence-corrected chi connectivity index (χ4v) is 1.26. The predicted octanol–water partition coefficient (Wildman–Crippen LogP) is 1.18. The van der Waals surface area contributed by atoms with Crippen molar-refractivity contribution in [2.75, 3.05) is 0 Å². The number of rotatable bonds is 1. The largest absolute Gasteiger partial charge is 0.356 e. The van der Waals surface area contributed by atoms with E-state index in [1.807, 2.05) is 19.1 Å². The summed E-state index contributed by atoms with van der Waals surface area (Å²) in [7, 11) is 5.59. The second kappa shape index (κ2) is 2.66. The van der Waals surface area contributed by atoms with Gasteiger partial charge in [-0.3, -0.25) is 0 Å². The quantitative estimate of drug-likeness (QED) is 0.581. The summed E-state index contributed by atoms with van der Waals surface area (Å²) in [6, 6.07) is 5.60. The van der Waals surface area contributed by atoms with Gasteiger partial charge in [-0.2, -0.15) is 0 Å². The van der Waals surface area contributed by atoms with Crippen molar-refractivity contribution in [3.63, 3.8) is 0 Å². The normalized spacial score (nSPS) is 10.8. The van der Waals surface area contributed by atoms with Crippen LogP contribution in [0.2, 0.25) is 0 Å². The van der Waals surface area contributed by atoms with Crippen LogP contribution in [0.1, 0.15) is 12.6 Å². The SMILES string of the molecule is [B]c1ccc2c(CC)noc2c1. The summed E-state index contributed by atoms with van der Waals surface area (Å²) in [5.74, 6) is 0. The zero-order chi connectivity index (χ0) is 8.55. The van der Waals surface area contributed by atoms with Crippen molar-refractivity contribution in [1.82, 2.24) is 5.16 Å². The maximum Gasteiger partial charge on any atom is 0.166 e. The standard InChI is InChI=1S/C9H8BNO/c1-2-8-7-4-3-6(10)5-9(7)12-11-8/h3-5H,2H2,1H3. The molecule has 2 nitrogen and oxygen atoms in total. The third-order valence-corrected chi connectivity index (χ3v) is 1.91. The molecular weight excluding hydrogens is 149 g/mol. The van der Waals surface area contributed by atoms with Gasteiger partial charge in [-0.15, -0.1) is 0 Å². The number of nitrogens with zero attached hydrogens (tertiary/aromatic N) is 1. The van der Waals surface area contributed by atoms with Crippen molar-refractivity contribution < 1.29 is 4.52 Å². The van der Waals surface area contributed by atoms with Crippen molar-refractivity contribution in [2.45, 2.75) is 13.3 Å². The van der Waals surface area contributed by atoms with Crippen molar-refractivity contribution >= 4 is 24.3 Å². The molecule has 0 bridgehead atoms. The van der Waals surface area contributed by atoms with Gasteiger partial charge in [0.05, 0.1) is 5.69 Å². The molecule has 0 amide bonds. The Morgan fingerprint density at radius 1 is 1.50 bits per heavy atom. The van der Waals surface area contributed by atoms with Crippen molar-refractivity contribution in [1.29, 1.82) is 0 Å². The van der Waals surface area contributed by atoms with Gasteiger partial charge in [0.2, 0.25) is 0 Å². The molecule has 3 heteroatoms. The predicted molar refractivity (Wildman–Crippen MR) is 48.8 cm³/mol. The van der Waals surface area contributed by atoms with Gasteiger partial charge in [0.1, 0.15) is 7.85 Å². The molecule has 0 spiro atoms. The van der Waals surface area contributed by atoms with Crippen molar-refractivity contribution in [3.05, 3.63) is 23.9 Å². The first kappa shape index (κ1) is 7.41. The Labute approximate surface area is 72.0 Å². The van der Waals surface area contributed by atoms with Gasteiger partial charge in [-0.05, 0) is 18.6 Å². The zero-order valence-corrected chi connectivity index (χ0v) is 6.87. The first-order valence-corrected chi connectivity index (χ1v) is 3.95. The molecule has 0 saturated carbocycles. The highest BCUT2D eigenvalue weighted by Gasteiger charge is 2.04. The third-order valence-electron chi connectivity index (χ3n) is 1.91. The summed E-state index contributed by atoms with van der Waals surface area (Å²) in [5, 5.41) is 4.99. The van der Waals surface area contributed by atoms with Crippen molar-refractivity contribution in [3.8, 4) is 0 Å². The van der Waals surface area contributed by atoms with Gasteiger partial charge in [0, 0.05) is 5.39 Å². The van der Waals surface area contributed by atoms with E-state index in [1.54, 1.807) is 6.07 Å². The molecule has 2 rings (SSSR count). The highest BCUT2D eigenvalue weighted by atomic mass is 16.5. The zero-order valence-electron chi connectivity index (χ0n) is 6.87. The molecule has 1 aromatic heterocycles. The van der Waals surface area contributed by atoms with Crippen LogP contribution in [0.4, 0.5) is 0 Å².